The normalized spacial score (nSPS) is 15.5. The highest BCUT2D eigenvalue weighted by Gasteiger charge is 2.23. The average Bonchev–Trinajstić information content (AvgIpc) is 2.94. The van der Waals surface area contributed by atoms with E-state index in [1.165, 1.54) is 11.1 Å². The molecule has 5 heteroatoms. The standard InChI is InChI=1S/C23H24N2O3/c1-17-7-2-3-9-19(17)16-24-11-6-12-25(14-13-24)22(26)20-15-18-8-4-5-10-21(18)28-23(20)27/h2-5,7-10,15H,6,11-14,16H2,1H3. The third kappa shape index (κ3) is 3.85. The van der Waals surface area contributed by atoms with Crippen LogP contribution < -0.4 is 5.63 Å². The van der Waals surface area contributed by atoms with Crippen molar-refractivity contribution in [2.24, 2.45) is 0 Å². The molecule has 0 atom stereocenters. The minimum atomic E-state index is -0.565. The van der Waals surface area contributed by atoms with E-state index in [2.05, 4.69) is 36.1 Å². The van der Waals surface area contributed by atoms with Crippen molar-refractivity contribution in [2.45, 2.75) is 19.9 Å². The van der Waals surface area contributed by atoms with Crippen LogP contribution in [0.5, 0.6) is 0 Å². The molecule has 1 aliphatic rings. The zero-order valence-corrected chi connectivity index (χ0v) is 16.1. The Balaban J connectivity index is 1.48. The van der Waals surface area contributed by atoms with Gasteiger partial charge in [0.05, 0.1) is 0 Å². The number of para-hydroxylation sites is 1. The Kier molecular flexibility index (Phi) is 5.26. The van der Waals surface area contributed by atoms with E-state index >= 15 is 0 Å². The van der Waals surface area contributed by atoms with Gasteiger partial charge in [-0.2, -0.15) is 0 Å². The first kappa shape index (κ1) is 18.4. The highest BCUT2D eigenvalue weighted by atomic mass is 16.4. The van der Waals surface area contributed by atoms with Crippen molar-refractivity contribution in [3.05, 3.63) is 81.7 Å². The highest BCUT2D eigenvalue weighted by molar-refractivity contribution is 5.96. The molecule has 144 valence electrons. The van der Waals surface area contributed by atoms with Gasteiger partial charge in [-0.3, -0.25) is 9.69 Å². The van der Waals surface area contributed by atoms with Gasteiger partial charge >= 0.3 is 5.63 Å². The molecule has 1 saturated heterocycles. The predicted molar refractivity (Wildman–Crippen MR) is 109 cm³/mol. The number of hydrogen-bond donors (Lipinski definition) is 0. The van der Waals surface area contributed by atoms with Crippen LogP contribution in [0.4, 0.5) is 0 Å². The number of amides is 1. The lowest BCUT2D eigenvalue weighted by molar-refractivity contribution is 0.0757. The Morgan fingerprint density at radius 2 is 1.79 bits per heavy atom. The van der Waals surface area contributed by atoms with Crippen molar-refractivity contribution >= 4 is 16.9 Å². The summed E-state index contributed by atoms with van der Waals surface area (Å²) in [5.41, 5.74) is 2.66. The van der Waals surface area contributed by atoms with E-state index in [1.54, 1.807) is 17.0 Å². The fraction of sp³-hybridized carbons (Fsp3) is 0.304. The molecule has 1 aliphatic heterocycles. The summed E-state index contributed by atoms with van der Waals surface area (Å²) in [6.45, 7) is 5.99. The lowest BCUT2D eigenvalue weighted by atomic mass is 10.1. The maximum absolute atomic E-state index is 13.0. The largest absolute Gasteiger partial charge is 0.422 e. The molecular formula is C23H24N2O3. The first-order valence-electron chi connectivity index (χ1n) is 9.71. The number of nitrogens with zero attached hydrogens (tertiary/aromatic N) is 2. The van der Waals surface area contributed by atoms with Gasteiger partial charge < -0.3 is 9.32 Å². The number of carbonyl (C=O) groups excluding carboxylic acids is 1. The Bertz CT molecular complexity index is 1060. The van der Waals surface area contributed by atoms with Crippen LogP contribution in [0.1, 0.15) is 27.9 Å². The molecule has 2 aromatic carbocycles. The fourth-order valence-corrected chi connectivity index (χ4v) is 3.74. The van der Waals surface area contributed by atoms with Gasteiger partial charge in [0.25, 0.3) is 5.91 Å². The first-order valence-corrected chi connectivity index (χ1v) is 9.71. The number of hydrogen-bond acceptors (Lipinski definition) is 4. The van der Waals surface area contributed by atoms with E-state index in [0.29, 0.717) is 18.7 Å². The second-order valence-corrected chi connectivity index (χ2v) is 7.33. The van der Waals surface area contributed by atoms with Crippen molar-refractivity contribution in [3.63, 3.8) is 0 Å². The van der Waals surface area contributed by atoms with Crippen molar-refractivity contribution in [3.8, 4) is 0 Å². The summed E-state index contributed by atoms with van der Waals surface area (Å²) in [5.74, 6) is -0.239. The Morgan fingerprint density at radius 1 is 1.00 bits per heavy atom. The van der Waals surface area contributed by atoms with E-state index in [-0.39, 0.29) is 11.5 Å². The van der Waals surface area contributed by atoms with Crippen LogP contribution in [0.15, 0.2) is 63.8 Å². The molecule has 1 fully saturated rings. The van der Waals surface area contributed by atoms with Gasteiger partial charge in [0, 0.05) is 38.1 Å². The molecule has 28 heavy (non-hydrogen) atoms. The maximum Gasteiger partial charge on any atom is 0.349 e. The molecule has 4 rings (SSSR count). The number of fused-ring (bicyclic) bond motifs is 1. The van der Waals surface area contributed by atoms with Gasteiger partial charge in [0.2, 0.25) is 0 Å². The summed E-state index contributed by atoms with van der Waals surface area (Å²) >= 11 is 0. The van der Waals surface area contributed by atoms with Crippen molar-refractivity contribution < 1.29 is 9.21 Å². The third-order valence-electron chi connectivity index (χ3n) is 5.40. The lowest BCUT2D eigenvalue weighted by Gasteiger charge is -2.22. The van der Waals surface area contributed by atoms with E-state index in [1.807, 2.05) is 18.2 Å². The highest BCUT2D eigenvalue weighted by Crippen LogP contribution is 2.16. The molecule has 0 N–H and O–H groups in total. The SMILES string of the molecule is Cc1ccccc1CN1CCCN(C(=O)c2cc3ccccc3oc2=O)CC1. The van der Waals surface area contributed by atoms with Gasteiger partial charge in [-0.25, -0.2) is 4.79 Å². The smallest absolute Gasteiger partial charge is 0.349 e. The second-order valence-electron chi connectivity index (χ2n) is 7.33. The van der Waals surface area contributed by atoms with Crippen molar-refractivity contribution in [2.75, 3.05) is 26.2 Å². The van der Waals surface area contributed by atoms with Crippen molar-refractivity contribution in [1.82, 2.24) is 9.80 Å². The zero-order valence-electron chi connectivity index (χ0n) is 16.1. The third-order valence-corrected chi connectivity index (χ3v) is 5.40. The average molecular weight is 376 g/mol. The lowest BCUT2D eigenvalue weighted by Crippen LogP contribution is -2.37. The molecule has 1 aromatic heterocycles. The van der Waals surface area contributed by atoms with E-state index in [4.69, 9.17) is 4.42 Å². The molecule has 0 spiro atoms. The molecule has 2 heterocycles. The van der Waals surface area contributed by atoms with Crippen LogP contribution in [0.3, 0.4) is 0 Å². The van der Waals surface area contributed by atoms with Gasteiger partial charge in [0.1, 0.15) is 11.1 Å². The monoisotopic (exact) mass is 376 g/mol. The van der Waals surface area contributed by atoms with E-state index in [0.717, 1.165) is 31.4 Å². The van der Waals surface area contributed by atoms with Crippen LogP contribution in [0, 0.1) is 6.92 Å². The van der Waals surface area contributed by atoms with Crippen LogP contribution in [-0.2, 0) is 6.54 Å². The number of benzene rings is 2. The van der Waals surface area contributed by atoms with Crippen LogP contribution in [-0.4, -0.2) is 41.9 Å². The molecule has 0 saturated carbocycles. The minimum absolute atomic E-state index is 0.117. The first-order chi connectivity index (χ1) is 13.6. The quantitative estimate of drug-likeness (QED) is 0.657. The minimum Gasteiger partial charge on any atom is -0.422 e. The van der Waals surface area contributed by atoms with E-state index in [9.17, 15) is 9.59 Å². The molecule has 5 nitrogen and oxygen atoms in total. The van der Waals surface area contributed by atoms with Gasteiger partial charge in [-0.1, -0.05) is 42.5 Å². The zero-order chi connectivity index (χ0) is 19.5. The van der Waals surface area contributed by atoms with Crippen LogP contribution in [0.25, 0.3) is 11.0 Å². The summed E-state index contributed by atoms with van der Waals surface area (Å²) in [5, 5.41) is 0.765. The van der Waals surface area contributed by atoms with Crippen molar-refractivity contribution in [1.29, 1.82) is 0 Å². The van der Waals surface area contributed by atoms with Gasteiger partial charge in [-0.05, 0) is 36.6 Å². The Hall–Kier alpha value is -2.92. The molecule has 0 bridgehead atoms. The molecule has 3 aromatic rings. The molecular weight excluding hydrogens is 352 g/mol. The summed E-state index contributed by atoms with van der Waals surface area (Å²) in [6, 6.07) is 17.3. The molecule has 1 amide bonds. The Labute approximate surface area is 164 Å². The number of carbonyl (C=O) groups is 1. The molecule has 0 radical (unpaired) electrons. The van der Waals surface area contributed by atoms with Crippen LogP contribution >= 0.6 is 0 Å². The summed E-state index contributed by atoms with van der Waals surface area (Å²) < 4.78 is 5.34. The molecule has 0 unspecified atom stereocenters. The predicted octanol–water partition coefficient (Wildman–Crippen LogP) is 3.45. The van der Waals surface area contributed by atoms with Crippen LogP contribution in [0.2, 0.25) is 0 Å². The number of rotatable bonds is 3. The summed E-state index contributed by atoms with van der Waals surface area (Å²) in [6.07, 6.45) is 0.885. The van der Waals surface area contributed by atoms with Gasteiger partial charge in [-0.15, -0.1) is 0 Å². The summed E-state index contributed by atoms with van der Waals surface area (Å²) in [4.78, 5) is 29.5. The fourth-order valence-electron chi connectivity index (χ4n) is 3.74. The number of aryl methyl sites for hydroxylation is 1. The van der Waals surface area contributed by atoms with E-state index < -0.39 is 5.63 Å². The Morgan fingerprint density at radius 3 is 2.64 bits per heavy atom. The second kappa shape index (κ2) is 7.98. The summed E-state index contributed by atoms with van der Waals surface area (Å²) in [7, 11) is 0. The maximum atomic E-state index is 13.0. The topological polar surface area (TPSA) is 53.8 Å². The van der Waals surface area contributed by atoms with Gasteiger partial charge in [0.15, 0.2) is 0 Å². The molecule has 0 aliphatic carbocycles.